The number of hydrogen-bond acceptors (Lipinski definition) is 0. The molecule has 0 amide bonds. The number of benzene rings is 2. The number of nitrogens with zero attached hydrogens (tertiary/aromatic N) is 2. The highest BCUT2D eigenvalue weighted by molar-refractivity contribution is 6.05. The van der Waals surface area contributed by atoms with E-state index in [2.05, 4.69) is 154 Å². The van der Waals surface area contributed by atoms with Crippen LogP contribution in [0.3, 0.4) is 0 Å². The van der Waals surface area contributed by atoms with Gasteiger partial charge in [0.2, 0.25) is 0 Å². The van der Waals surface area contributed by atoms with E-state index >= 15 is 0 Å². The van der Waals surface area contributed by atoms with Gasteiger partial charge in [-0.25, -0.2) is 0 Å². The Morgan fingerprint density at radius 3 is 2.40 bits per heavy atom. The molecule has 2 nitrogen and oxygen atoms in total. The number of aromatic nitrogens is 2. The summed E-state index contributed by atoms with van der Waals surface area (Å²) >= 11 is 0. The Hall–Kier alpha value is -4.56. The van der Waals surface area contributed by atoms with Crippen molar-refractivity contribution < 1.29 is 0 Å². The van der Waals surface area contributed by atoms with E-state index in [4.69, 9.17) is 0 Å². The molecule has 0 aliphatic heterocycles. The van der Waals surface area contributed by atoms with Gasteiger partial charge in [0.1, 0.15) is 0 Å². The fourth-order valence-corrected chi connectivity index (χ4v) is 10.1. The number of rotatable bonds is 2. The molecule has 2 aromatic carbocycles. The van der Waals surface area contributed by atoms with Crippen molar-refractivity contribution in [2.24, 2.45) is 5.41 Å². The van der Waals surface area contributed by atoms with Crippen LogP contribution in [0.4, 0.5) is 0 Å². The minimum absolute atomic E-state index is 0.0709. The Bertz CT molecular complexity index is 2370. The summed E-state index contributed by atoms with van der Waals surface area (Å²) in [5.74, 6) is 0.555. The lowest BCUT2D eigenvalue weighted by Gasteiger charge is -2.42. The summed E-state index contributed by atoms with van der Waals surface area (Å²) < 4.78 is 5.40. The average molecular weight is 653 g/mol. The van der Waals surface area contributed by atoms with Crippen LogP contribution in [-0.2, 0) is 11.8 Å². The fraction of sp³-hybridized carbons (Fsp3) is 0.333. The highest BCUT2D eigenvalue weighted by atomic mass is 15.0. The molecule has 2 heteroatoms. The molecule has 0 fully saturated rings. The second kappa shape index (κ2) is 10.5. The van der Waals surface area contributed by atoms with Crippen molar-refractivity contribution in [3.8, 4) is 22.4 Å². The third-order valence-electron chi connectivity index (χ3n) is 12.5. The summed E-state index contributed by atoms with van der Waals surface area (Å²) in [6, 6.07) is 14.9. The highest BCUT2D eigenvalue weighted by Gasteiger charge is 2.47. The summed E-state index contributed by atoms with van der Waals surface area (Å²) in [6.07, 6.45) is 31.9. The molecule has 10 rings (SSSR count). The quantitative estimate of drug-likeness (QED) is 0.204. The van der Waals surface area contributed by atoms with Crippen molar-refractivity contribution in [2.75, 3.05) is 0 Å². The second-order valence-corrected chi connectivity index (χ2v) is 17.5. The van der Waals surface area contributed by atoms with Crippen LogP contribution in [0.25, 0.3) is 50.6 Å². The van der Waals surface area contributed by atoms with E-state index in [1.807, 2.05) is 0 Å². The summed E-state index contributed by atoms with van der Waals surface area (Å²) in [5, 5.41) is 1.40. The van der Waals surface area contributed by atoms with Crippen molar-refractivity contribution >= 4 is 28.2 Å². The Labute approximate surface area is 297 Å². The Morgan fingerprint density at radius 1 is 0.780 bits per heavy atom. The molecule has 0 radical (unpaired) electrons. The number of hydrogen-bond donors (Lipinski definition) is 0. The molecule has 3 unspecified atom stereocenters. The Balaban J connectivity index is 1.31. The predicted molar refractivity (Wildman–Crippen MR) is 212 cm³/mol. The molecule has 250 valence electrons. The van der Waals surface area contributed by atoms with Crippen LogP contribution >= 0.6 is 0 Å². The minimum atomic E-state index is 0.0709. The van der Waals surface area contributed by atoms with Gasteiger partial charge < -0.3 is 9.13 Å². The van der Waals surface area contributed by atoms with Crippen molar-refractivity contribution in [3.05, 3.63) is 136 Å². The molecule has 0 bridgehead atoms. The van der Waals surface area contributed by atoms with Crippen molar-refractivity contribution in [1.29, 1.82) is 0 Å². The zero-order chi connectivity index (χ0) is 34.1. The summed E-state index contributed by atoms with van der Waals surface area (Å²) in [5.41, 5.74) is 20.6. The van der Waals surface area contributed by atoms with E-state index in [1.165, 1.54) is 67.1 Å². The zero-order valence-corrected chi connectivity index (χ0v) is 30.5. The zero-order valence-electron chi connectivity index (χ0n) is 30.5. The topological polar surface area (TPSA) is 9.86 Å². The molecule has 3 atom stereocenters. The first-order valence-electron chi connectivity index (χ1n) is 19.0. The van der Waals surface area contributed by atoms with Crippen LogP contribution in [-0.4, -0.2) is 9.13 Å². The molecular formula is C48H48N2. The van der Waals surface area contributed by atoms with Gasteiger partial charge in [-0.2, -0.15) is 0 Å². The van der Waals surface area contributed by atoms with Crippen molar-refractivity contribution in [1.82, 2.24) is 9.13 Å². The van der Waals surface area contributed by atoms with Crippen LogP contribution in [0.15, 0.2) is 103 Å². The molecule has 2 heterocycles. The monoisotopic (exact) mass is 652 g/mol. The average Bonchev–Trinajstić information content (AvgIpc) is 3.65. The molecule has 50 heavy (non-hydrogen) atoms. The smallest absolute Gasteiger partial charge is 0.0582 e. The van der Waals surface area contributed by atoms with E-state index in [-0.39, 0.29) is 22.7 Å². The lowest BCUT2D eigenvalue weighted by Crippen LogP contribution is -2.25. The lowest BCUT2D eigenvalue weighted by molar-refractivity contribution is 0.482. The normalized spacial score (nSPS) is 22.8. The first kappa shape index (κ1) is 30.3. The van der Waals surface area contributed by atoms with Gasteiger partial charge in [0.25, 0.3) is 0 Å². The summed E-state index contributed by atoms with van der Waals surface area (Å²) in [7, 11) is 0. The maximum absolute atomic E-state index is 2.76. The number of fused-ring (bicyclic) bond motifs is 10. The maximum Gasteiger partial charge on any atom is 0.0582 e. The van der Waals surface area contributed by atoms with Crippen LogP contribution in [0, 0.1) is 5.41 Å². The second-order valence-electron chi connectivity index (χ2n) is 17.5. The van der Waals surface area contributed by atoms with Gasteiger partial charge in [-0.3, -0.25) is 0 Å². The highest BCUT2D eigenvalue weighted by Crippen LogP contribution is 2.64. The third-order valence-corrected chi connectivity index (χ3v) is 12.5. The molecule has 4 aromatic rings. The summed E-state index contributed by atoms with van der Waals surface area (Å²) in [6.45, 7) is 14.2. The Morgan fingerprint density at radius 2 is 1.64 bits per heavy atom. The largest absolute Gasteiger partial charge is 0.333 e. The van der Waals surface area contributed by atoms with Gasteiger partial charge in [-0.15, -0.1) is 0 Å². The van der Waals surface area contributed by atoms with E-state index in [0.29, 0.717) is 6.04 Å². The van der Waals surface area contributed by atoms with E-state index in [9.17, 15) is 0 Å². The third kappa shape index (κ3) is 4.14. The lowest BCUT2D eigenvalue weighted by atomic mass is 9.62. The molecule has 6 aliphatic rings. The SMILES string of the molecule is CC(C)(C)C1=Cc2c(c3c(n2C2C=CC=CC2)C2=CC=CC4c5c(n(C6=CCCC=C6)c6cc(C(C)(C)C)ccc56)-c5cccc-3c5C24)CC1. The van der Waals surface area contributed by atoms with Crippen LogP contribution in [0.1, 0.15) is 119 Å². The maximum atomic E-state index is 2.76. The van der Waals surface area contributed by atoms with Gasteiger partial charge in [0.05, 0.1) is 22.9 Å². The fourth-order valence-electron chi connectivity index (χ4n) is 10.1. The minimum Gasteiger partial charge on any atom is -0.333 e. The van der Waals surface area contributed by atoms with Gasteiger partial charge in [0, 0.05) is 39.7 Å². The van der Waals surface area contributed by atoms with Gasteiger partial charge >= 0.3 is 0 Å². The molecule has 0 spiro atoms. The molecule has 0 N–H and O–H groups in total. The van der Waals surface area contributed by atoms with Crippen LogP contribution < -0.4 is 0 Å². The van der Waals surface area contributed by atoms with Gasteiger partial charge in [-0.05, 0) is 94.5 Å². The van der Waals surface area contributed by atoms with Gasteiger partial charge in [0.15, 0.2) is 0 Å². The molecule has 2 aromatic heterocycles. The molecule has 6 aliphatic carbocycles. The first-order chi connectivity index (χ1) is 24.1. The first-order valence-corrected chi connectivity index (χ1v) is 19.0. The predicted octanol–water partition coefficient (Wildman–Crippen LogP) is 12.8. The number of allylic oxidation sites excluding steroid dienone is 13. The van der Waals surface area contributed by atoms with Crippen molar-refractivity contribution in [2.45, 2.75) is 96.9 Å². The van der Waals surface area contributed by atoms with E-state index in [0.717, 1.165) is 32.1 Å². The standard InChI is InChI=1S/C48H48N2/c1-47(2,3)29-23-25-33-39(27-29)49(31-15-9-7-10-16-31)45-37-21-14-20-36-42(37)41-35(43(33)45)19-13-22-38(41)46-44(36)34-26-24-30(48(4,5)6)28-40(34)50(46)32-17-11-8-12-18-32/h7,9-11,13-15,17-22,24,26-28,31,36,42H,8,12,16,23,25H2,1-6H3. The van der Waals surface area contributed by atoms with E-state index < -0.39 is 0 Å². The Kier molecular flexibility index (Phi) is 6.35. The molecular weight excluding hydrogens is 605 g/mol. The van der Waals surface area contributed by atoms with Gasteiger partial charge in [-0.1, -0.05) is 132 Å². The van der Waals surface area contributed by atoms with Crippen LogP contribution in [0.5, 0.6) is 0 Å². The molecule has 0 saturated carbocycles. The van der Waals surface area contributed by atoms with E-state index in [1.54, 1.807) is 16.7 Å². The molecule has 0 saturated heterocycles. The van der Waals surface area contributed by atoms with Crippen LogP contribution in [0.2, 0.25) is 0 Å². The van der Waals surface area contributed by atoms with Crippen molar-refractivity contribution in [3.63, 3.8) is 0 Å². The summed E-state index contributed by atoms with van der Waals surface area (Å²) in [4.78, 5) is 0.